The second-order valence-corrected chi connectivity index (χ2v) is 4.15. The van der Waals surface area contributed by atoms with Crippen LogP contribution in [0.25, 0.3) is 5.69 Å². The maximum absolute atomic E-state index is 14.0. The maximum atomic E-state index is 14.0. The van der Waals surface area contributed by atoms with Gasteiger partial charge >= 0.3 is 0 Å². The Morgan fingerprint density at radius 1 is 1.59 bits per heavy atom. The SMILES string of the molecule is [2H]C([2H])([2H])C(=O)c1nc(C)nn1-c1cccc(Br)c1F. The molecule has 1 aromatic heterocycles. The Kier molecular flexibility index (Phi) is 2.19. The van der Waals surface area contributed by atoms with Crippen molar-refractivity contribution in [1.82, 2.24) is 14.8 Å². The minimum absolute atomic E-state index is 0.0485. The molecule has 0 amide bonds. The predicted octanol–water partition coefficient (Wildman–Crippen LogP) is 2.68. The summed E-state index contributed by atoms with van der Waals surface area (Å²) in [6.07, 6.45) is 0. The zero-order valence-electron chi connectivity index (χ0n) is 11.7. The average molecular weight is 301 g/mol. The van der Waals surface area contributed by atoms with Crippen molar-refractivity contribution in [3.05, 3.63) is 40.1 Å². The van der Waals surface area contributed by atoms with Crippen LogP contribution in [0, 0.1) is 12.7 Å². The molecule has 88 valence electrons. The van der Waals surface area contributed by atoms with Gasteiger partial charge < -0.3 is 0 Å². The predicted molar refractivity (Wildman–Crippen MR) is 63.8 cm³/mol. The number of aryl methyl sites for hydroxylation is 1. The molecule has 1 aromatic carbocycles. The molecule has 0 saturated carbocycles. The number of hydrogen-bond donors (Lipinski definition) is 0. The Bertz CT molecular complexity index is 684. The van der Waals surface area contributed by atoms with Gasteiger partial charge in [0, 0.05) is 11.0 Å². The second-order valence-electron chi connectivity index (χ2n) is 3.30. The summed E-state index contributed by atoms with van der Waals surface area (Å²) >= 11 is 3.02. The van der Waals surface area contributed by atoms with Crippen LogP contribution in [0.2, 0.25) is 0 Å². The van der Waals surface area contributed by atoms with Gasteiger partial charge in [-0.05, 0) is 35.0 Å². The summed E-state index contributed by atoms with van der Waals surface area (Å²) in [5.41, 5.74) is -0.0485. The molecule has 0 atom stereocenters. The van der Waals surface area contributed by atoms with Crippen LogP contribution in [0.1, 0.15) is 27.4 Å². The summed E-state index contributed by atoms with van der Waals surface area (Å²) in [4.78, 5) is 15.6. The van der Waals surface area contributed by atoms with Crippen LogP contribution in [0.15, 0.2) is 22.7 Å². The van der Waals surface area contributed by atoms with Gasteiger partial charge in [-0.15, -0.1) is 0 Å². The highest BCUT2D eigenvalue weighted by Crippen LogP contribution is 2.22. The van der Waals surface area contributed by atoms with E-state index >= 15 is 0 Å². The summed E-state index contributed by atoms with van der Waals surface area (Å²) < 4.78 is 36.6. The molecule has 0 fully saturated rings. The Balaban J connectivity index is 2.64. The maximum Gasteiger partial charge on any atom is 0.199 e. The Morgan fingerprint density at radius 2 is 2.35 bits per heavy atom. The standard InChI is InChI=1S/C11H9BrFN3O/c1-6(17)11-14-7(2)15-16(11)9-5-3-4-8(12)10(9)13/h3-5H,1-2H3/i1D3. The van der Waals surface area contributed by atoms with Gasteiger partial charge in [-0.25, -0.2) is 14.1 Å². The van der Waals surface area contributed by atoms with Crippen LogP contribution < -0.4 is 0 Å². The highest BCUT2D eigenvalue weighted by molar-refractivity contribution is 9.10. The Morgan fingerprint density at radius 3 is 3.06 bits per heavy atom. The molecular weight excluding hydrogens is 289 g/mol. The van der Waals surface area contributed by atoms with Crippen molar-refractivity contribution in [3.63, 3.8) is 0 Å². The molecular formula is C11H9BrFN3O. The van der Waals surface area contributed by atoms with E-state index in [1.165, 1.54) is 19.1 Å². The van der Waals surface area contributed by atoms with Crippen molar-refractivity contribution >= 4 is 21.7 Å². The van der Waals surface area contributed by atoms with E-state index in [0.717, 1.165) is 4.68 Å². The van der Waals surface area contributed by atoms with Crippen molar-refractivity contribution < 1.29 is 13.3 Å². The molecule has 0 radical (unpaired) electrons. The lowest BCUT2D eigenvalue weighted by atomic mass is 10.3. The third-order valence-electron chi connectivity index (χ3n) is 2.08. The van der Waals surface area contributed by atoms with E-state index in [4.69, 9.17) is 4.11 Å². The molecule has 0 unspecified atom stereocenters. The van der Waals surface area contributed by atoms with E-state index in [1.54, 1.807) is 6.07 Å². The molecule has 0 N–H and O–H groups in total. The van der Waals surface area contributed by atoms with E-state index < -0.39 is 24.3 Å². The van der Waals surface area contributed by atoms with E-state index in [-0.39, 0.29) is 16.0 Å². The molecule has 0 bridgehead atoms. The van der Waals surface area contributed by atoms with Gasteiger partial charge in [0.25, 0.3) is 0 Å². The van der Waals surface area contributed by atoms with Crippen LogP contribution in [-0.4, -0.2) is 20.5 Å². The van der Waals surface area contributed by atoms with Crippen molar-refractivity contribution in [2.24, 2.45) is 0 Å². The number of nitrogens with zero attached hydrogens (tertiary/aromatic N) is 3. The lowest BCUT2D eigenvalue weighted by molar-refractivity contribution is 0.100. The normalized spacial score (nSPS) is 13.9. The zero-order valence-corrected chi connectivity index (χ0v) is 10.3. The molecule has 1 heterocycles. The highest BCUT2D eigenvalue weighted by Gasteiger charge is 2.17. The molecule has 6 heteroatoms. The number of benzene rings is 1. The minimum Gasteiger partial charge on any atom is -0.291 e. The minimum atomic E-state index is -2.86. The van der Waals surface area contributed by atoms with Gasteiger partial charge in [0.15, 0.2) is 17.4 Å². The topological polar surface area (TPSA) is 47.8 Å². The van der Waals surface area contributed by atoms with E-state index in [2.05, 4.69) is 26.0 Å². The van der Waals surface area contributed by atoms with Crippen LogP contribution in [-0.2, 0) is 0 Å². The van der Waals surface area contributed by atoms with Crippen LogP contribution in [0.5, 0.6) is 0 Å². The summed E-state index contributed by atoms with van der Waals surface area (Å²) in [7, 11) is 0. The van der Waals surface area contributed by atoms with E-state index in [0.29, 0.717) is 0 Å². The molecule has 0 aliphatic carbocycles. The first-order valence-electron chi connectivity index (χ1n) is 6.14. The summed E-state index contributed by atoms with van der Waals surface area (Å²) in [5.74, 6) is -2.08. The van der Waals surface area contributed by atoms with Gasteiger partial charge in [-0.3, -0.25) is 4.79 Å². The van der Waals surface area contributed by atoms with Crippen LogP contribution >= 0.6 is 15.9 Å². The number of ketones is 1. The summed E-state index contributed by atoms with van der Waals surface area (Å²) in [6, 6.07) is 4.40. The van der Waals surface area contributed by atoms with Gasteiger partial charge in [0.1, 0.15) is 11.5 Å². The number of halogens is 2. The third-order valence-corrected chi connectivity index (χ3v) is 2.69. The molecule has 0 spiro atoms. The first-order chi connectivity index (χ1) is 9.21. The van der Waals surface area contributed by atoms with Crippen molar-refractivity contribution in [1.29, 1.82) is 0 Å². The fourth-order valence-corrected chi connectivity index (χ4v) is 1.74. The second kappa shape index (κ2) is 4.37. The molecule has 4 nitrogen and oxygen atoms in total. The lowest BCUT2D eigenvalue weighted by Gasteiger charge is -2.05. The number of hydrogen-bond acceptors (Lipinski definition) is 3. The van der Waals surface area contributed by atoms with Crippen LogP contribution in [0.4, 0.5) is 4.39 Å². The number of aromatic nitrogens is 3. The van der Waals surface area contributed by atoms with Gasteiger partial charge in [-0.2, -0.15) is 5.10 Å². The first kappa shape index (κ1) is 8.52. The van der Waals surface area contributed by atoms with E-state index in [9.17, 15) is 9.18 Å². The number of carbonyl (C=O) groups is 1. The zero-order chi connectivity index (χ0) is 15.1. The molecule has 2 rings (SSSR count). The highest BCUT2D eigenvalue weighted by atomic mass is 79.9. The van der Waals surface area contributed by atoms with Gasteiger partial charge in [-0.1, -0.05) is 6.07 Å². The average Bonchev–Trinajstić information content (AvgIpc) is 2.72. The Hall–Kier alpha value is -1.56. The number of Topliss-reactive ketones (excluding diaryl/α,β-unsaturated/α-hetero) is 1. The molecule has 0 aliphatic rings. The molecule has 0 aliphatic heterocycles. The molecule has 0 saturated heterocycles. The molecule has 17 heavy (non-hydrogen) atoms. The fraction of sp³-hybridized carbons (Fsp3) is 0.182. The van der Waals surface area contributed by atoms with Crippen molar-refractivity contribution in [3.8, 4) is 5.69 Å². The number of rotatable bonds is 2. The largest absolute Gasteiger partial charge is 0.291 e. The first-order valence-corrected chi connectivity index (χ1v) is 5.44. The summed E-state index contributed by atoms with van der Waals surface area (Å²) in [5, 5.41) is 3.89. The smallest absolute Gasteiger partial charge is 0.199 e. The lowest BCUT2D eigenvalue weighted by Crippen LogP contribution is -2.09. The Labute approximate surface area is 110 Å². The monoisotopic (exact) mass is 300 g/mol. The van der Waals surface area contributed by atoms with Gasteiger partial charge in [0.05, 0.1) is 4.47 Å². The van der Waals surface area contributed by atoms with Gasteiger partial charge in [0.2, 0.25) is 0 Å². The fourth-order valence-electron chi connectivity index (χ4n) is 1.39. The van der Waals surface area contributed by atoms with E-state index in [1.807, 2.05) is 0 Å². The quantitative estimate of drug-likeness (QED) is 0.801. The number of carbonyl (C=O) groups excluding carboxylic acids is 1. The van der Waals surface area contributed by atoms with Crippen molar-refractivity contribution in [2.45, 2.75) is 13.8 Å². The summed E-state index contributed by atoms with van der Waals surface area (Å²) in [6.45, 7) is -1.37. The van der Waals surface area contributed by atoms with Crippen molar-refractivity contribution in [2.75, 3.05) is 0 Å². The third kappa shape index (κ3) is 2.12. The van der Waals surface area contributed by atoms with Crippen LogP contribution in [0.3, 0.4) is 0 Å². The molecule has 2 aromatic rings.